The van der Waals surface area contributed by atoms with Crippen molar-refractivity contribution in [2.24, 2.45) is 0 Å². The molecule has 3 heteroatoms. The van der Waals surface area contributed by atoms with Crippen LogP contribution in [0.3, 0.4) is 0 Å². The van der Waals surface area contributed by atoms with E-state index in [1.165, 1.54) is 5.56 Å². The Morgan fingerprint density at radius 2 is 2.38 bits per heavy atom. The SMILES string of the molecule is CCNc1cc(CCCO)ccn1. The Bertz CT molecular complexity index is 250. The number of aliphatic hydroxyl groups is 1. The molecule has 0 saturated heterocycles. The molecule has 0 fully saturated rings. The quantitative estimate of drug-likeness (QED) is 0.720. The Morgan fingerprint density at radius 3 is 3.08 bits per heavy atom. The average molecular weight is 180 g/mol. The van der Waals surface area contributed by atoms with Gasteiger partial charge in [-0.2, -0.15) is 0 Å². The minimum Gasteiger partial charge on any atom is -0.396 e. The summed E-state index contributed by atoms with van der Waals surface area (Å²) in [6.07, 6.45) is 3.53. The summed E-state index contributed by atoms with van der Waals surface area (Å²) in [6, 6.07) is 4.01. The van der Waals surface area contributed by atoms with E-state index in [4.69, 9.17) is 5.11 Å². The maximum atomic E-state index is 8.67. The monoisotopic (exact) mass is 180 g/mol. The lowest BCUT2D eigenvalue weighted by Gasteiger charge is -2.04. The summed E-state index contributed by atoms with van der Waals surface area (Å²) in [5.41, 5.74) is 1.22. The van der Waals surface area contributed by atoms with E-state index in [0.717, 1.165) is 25.2 Å². The normalized spacial score (nSPS) is 10.0. The number of hydrogen-bond acceptors (Lipinski definition) is 3. The molecule has 1 aromatic rings. The highest BCUT2D eigenvalue weighted by molar-refractivity contribution is 5.37. The number of hydrogen-bond donors (Lipinski definition) is 2. The van der Waals surface area contributed by atoms with Crippen molar-refractivity contribution in [3.63, 3.8) is 0 Å². The van der Waals surface area contributed by atoms with Crippen LogP contribution in [0, 0.1) is 0 Å². The standard InChI is InChI=1S/C10H16N2O/c1-2-11-10-8-9(4-3-7-13)5-6-12-10/h5-6,8,13H,2-4,7H2,1H3,(H,11,12). The smallest absolute Gasteiger partial charge is 0.126 e. The van der Waals surface area contributed by atoms with Gasteiger partial charge in [0.1, 0.15) is 5.82 Å². The molecule has 1 heterocycles. The molecule has 1 aromatic heterocycles. The van der Waals surface area contributed by atoms with Gasteiger partial charge in [-0.25, -0.2) is 4.98 Å². The third-order valence-electron chi connectivity index (χ3n) is 1.81. The first-order valence-electron chi connectivity index (χ1n) is 4.66. The molecule has 0 aliphatic rings. The van der Waals surface area contributed by atoms with Gasteiger partial charge in [0.2, 0.25) is 0 Å². The van der Waals surface area contributed by atoms with E-state index in [1.807, 2.05) is 19.1 Å². The highest BCUT2D eigenvalue weighted by atomic mass is 16.2. The maximum absolute atomic E-state index is 8.67. The van der Waals surface area contributed by atoms with Gasteiger partial charge in [0.15, 0.2) is 0 Å². The number of pyridine rings is 1. The maximum Gasteiger partial charge on any atom is 0.126 e. The summed E-state index contributed by atoms with van der Waals surface area (Å²) in [6.45, 7) is 3.18. The first kappa shape index (κ1) is 9.99. The second kappa shape index (κ2) is 5.54. The van der Waals surface area contributed by atoms with Crippen molar-refractivity contribution in [2.75, 3.05) is 18.5 Å². The number of anilines is 1. The number of nitrogens with one attached hydrogen (secondary N) is 1. The van der Waals surface area contributed by atoms with Gasteiger partial charge >= 0.3 is 0 Å². The fourth-order valence-corrected chi connectivity index (χ4v) is 1.19. The molecule has 0 saturated carbocycles. The zero-order valence-corrected chi connectivity index (χ0v) is 7.95. The average Bonchev–Trinajstić information content (AvgIpc) is 2.16. The molecule has 13 heavy (non-hydrogen) atoms. The number of aromatic nitrogens is 1. The number of aliphatic hydroxyl groups excluding tert-OH is 1. The fraction of sp³-hybridized carbons (Fsp3) is 0.500. The molecule has 0 bridgehead atoms. The molecule has 0 unspecified atom stereocenters. The van der Waals surface area contributed by atoms with Gasteiger partial charge in [-0.1, -0.05) is 0 Å². The van der Waals surface area contributed by atoms with Crippen LogP contribution in [0.15, 0.2) is 18.3 Å². The highest BCUT2D eigenvalue weighted by Crippen LogP contribution is 2.08. The predicted molar refractivity (Wildman–Crippen MR) is 53.8 cm³/mol. The lowest BCUT2D eigenvalue weighted by Crippen LogP contribution is -2.00. The van der Waals surface area contributed by atoms with Gasteiger partial charge < -0.3 is 10.4 Å². The minimum absolute atomic E-state index is 0.249. The van der Waals surface area contributed by atoms with Gasteiger partial charge in [-0.3, -0.25) is 0 Å². The van der Waals surface area contributed by atoms with Crippen LogP contribution in [-0.4, -0.2) is 23.2 Å². The molecule has 0 aromatic carbocycles. The fourth-order valence-electron chi connectivity index (χ4n) is 1.19. The molecule has 1 rings (SSSR count). The molecule has 72 valence electrons. The van der Waals surface area contributed by atoms with Crippen LogP contribution in [0.2, 0.25) is 0 Å². The summed E-state index contributed by atoms with van der Waals surface area (Å²) >= 11 is 0. The van der Waals surface area contributed by atoms with Crippen molar-refractivity contribution in [1.29, 1.82) is 0 Å². The van der Waals surface area contributed by atoms with Crippen molar-refractivity contribution in [1.82, 2.24) is 4.98 Å². The molecule has 0 radical (unpaired) electrons. The van der Waals surface area contributed by atoms with Crippen molar-refractivity contribution < 1.29 is 5.11 Å². The largest absolute Gasteiger partial charge is 0.396 e. The summed E-state index contributed by atoms with van der Waals surface area (Å²) in [7, 11) is 0. The predicted octanol–water partition coefficient (Wildman–Crippen LogP) is 1.44. The van der Waals surface area contributed by atoms with Crippen LogP contribution in [0.25, 0.3) is 0 Å². The Morgan fingerprint density at radius 1 is 1.54 bits per heavy atom. The molecule has 2 N–H and O–H groups in total. The Kier molecular flexibility index (Phi) is 4.26. The summed E-state index contributed by atoms with van der Waals surface area (Å²) in [5.74, 6) is 0.915. The van der Waals surface area contributed by atoms with Gasteiger partial charge in [0.05, 0.1) is 0 Å². The molecule has 0 aliphatic heterocycles. The van der Waals surface area contributed by atoms with Crippen molar-refractivity contribution in [3.8, 4) is 0 Å². The molecule has 0 atom stereocenters. The van der Waals surface area contributed by atoms with Gasteiger partial charge in [-0.05, 0) is 37.5 Å². The van der Waals surface area contributed by atoms with Crippen LogP contribution in [0.1, 0.15) is 18.9 Å². The molecule has 0 aliphatic carbocycles. The Balaban J connectivity index is 2.56. The van der Waals surface area contributed by atoms with E-state index in [0.29, 0.717) is 0 Å². The van der Waals surface area contributed by atoms with E-state index >= 15 is 0 Å². The second-order valence-corrected chi connectivity index (χ2v) is 2.91. The van der Waals surface area contributed by atoms with Crippen LogP contribution >= 0.6 is 0 Å². The zero-order valence-electron chi connectivity index (χ0n) is 7.95. The minimum atomic E-state index is 0.249. The third-order valence-corrected chi connectivity index (χ3v) is 1.81. The number of rotatable bonds is 5. The molecule has 3 nitrogen and oxygen atoms in total. The first-order valence-corrected chi connectivity index (χ1v) is 4.66. The van der Waals surface area contributed by atoms with Crippen LogP contribution in [0.4, 0.5) is 5.82 Å². The highest BCUT2D eigenvalue weighted by Gasteiger charge is 1.95. The van der Waals surface area contributed by atoms with Crippen LogP contribution < -0.4 is 5.32 Å². The van der Waals surface area contributed by atoms with Gasteiger partial charge in [-0.15, -0.1) is 0 Å². The molecular weight excluding hydrogens is 164 g/mol. The van der Waals surface area contributed by atoms with E-state index in [2.05, 4.69) is 10.3 Å². The summed E-state index contributed by atoms with van der Waals surface area (Å²) in [4.78, 5) is 4.16. The zero-order chi connectivity index (χ0) is 9.52. The lowest BCUT2D eigenvalue weighted by atomic mass is 10.1. The number of aryl methyl sites for hydroxylation is 1. The molecule has 0 spiro atoms. The Labute approximate surface area is 78.8 Å². The molecular formula is C10H16N2O. The lowest BCUT2D eigenvalue weighted by molar-refractivity contribution is 0.288. The summed E-state index contributed by atoms with van der Waals surface area (Å²) < 4.78 is 0. The third kappa shape index (κ3) is 3.42. The van der Waals surface area contributed by atoms with Crippen molar-refractivity contribution in [3.05, 3.63) is 23.9 Å². The number of nitrogens with zero attached hydrogens (tertiary/aromatic N) is 1. The van der Waals surface area contributed by atoms with Crippen molar-refractivity contribution in [2.45, 2.75) is 19.8 Å². The second-order valence-electron chi connectivity index (χ2n) is 2.91. The van der Waals surface area contributed by atoms with Gasteiger partial charge in [0.25, 0.3) is 0 Å². The Hall–Kier alpha value is -1.09. The van der Waals surface area contributed by atoms with E-state index < -0.39 is 0 Å². The summed E-state index contributed by atoms with van der Waals surface area (Å²) in [5, 5.41) is 11.8. The van der Waals surface area contributed by atoms with E-state index in [1.54, 1.807) is 6.20 Å². The van der Waals surface area contributed by atoms with Crippen LogP contribution in [0.5, 0.6) is 0 Å². The first-order chi connectivity index (χ1) is 6.36. The van der Waals surface area contributed by atoms with Crippen molar-refractivity contribution >= 4 is 5.82 Å². The van der Waals surface area contributed by atoms with Gasteiger partial charge in [0, 0.05) is 19.3 Å². The van der Waals surface area contributed by atoms with Crippen LogP contribution in [-0.2, 0) is 6.42 Å². The van der Waals surface area contributed by atoms with E-state index in [9.17, 15) is 0 Å². The molecule has 0 amide bonds. The topological polar surface area (TPSA) is 45.1 Å². The van der Waals surface area contributed by atoms with E-state index in [-0.39, 0.29) is 6.61 Å².